The summed E-state index contributed by atoms with van der Waals surface area (Å²) >= 11 is 0. The number of fused-ring (bicyclic) bond motifs is 1. The Kier molecular flexibility index (Phi) is 7.93. The van der Waals surface area contributed by atoms with Crippen molar-refractivity contribution < 1.29 is 0 Å². The van der Waals surface area contributed by atoms with Crippen LogP contribution in [-0.2, 0) is 12.8 Å². The lowest BCUT2D eigenvalue weighted by molar-refractivity contribution is 0.224. The molecular formula is C22H37N5. The van der Waals surface area contributed by atoms with E-state index in [4.69, 9.17) is 10.7 Å². The standard InChI is InChI=1S/C22H37N5/c1-2-3-7-13-19-25-20-18(17-24-21(20)22(23)26-19)12-8-4-5-9-14-27-15-10-6-11-16-27/h17,24H,2-16H2,1H3,(H2,23,25,26). The smallest absolute Gasteiger partial charge is 0.151 e. The average Bonchev–Trinajstić information content (AvgIpc) is 3.09. The molecule has 2 aromatic heterocycles. The van der Waals surface area contributed by atoms with Crippen molar-refractivity contribution in [2.24, 2.45) is 0 Å². The first-order valence-electron chi connectivity index (χ1n) is 11.1. The van der Waals surface area contributed by atoms with E-state index in [-0.39, 0.29) is 0 Å². The maximum atomic E-state index is 6.15. The van der Waals surface area contributed by atoms with Crippen LogP contribution in [0.15, 0.2) is 6.20 Å². The molecule has 0 amide bonds. The van der Waals surface area contributed by atoms with Crippen LogP contribution in [0.2, 0.25) is 0 Å². The molecule has 1 aliphatic rings. The van der Waals surface area contributed by atoms with Gasteiger partial charge in [0.05, 0.1) is 5.52 Å². The molecule has 150 valence electrons. The number of nitrogens with one attached hydrogen (secondary N) is 1. The van der Waals surface area contributed by atoms with E-state index in [9.17, 15) is 0 Å². The Hall–Kier alpha value is -1.62. The number of H-pyrrole nitrogens is 1. The van der Waals surface area contributed by atoms with Crippen molar-refractivity contribution in [1.29, 1.82) is 0 Å². The molecule has 1 aliphatic heterocycles. The van der Waals surface area contributed by atoms with Gasteiger partial charge in [-0.15, -0.1) is 0 Å². The first kappa shape index (κ1) is 20.1. The number of unbranched alkanes of at least 4 members (excludes halogenated alkanes) is 5. The van der Waals surface area contributed by atoms with E-state index in [0.717, 1.165) is 36.1 Å². The molecule has 5 heteroatoms. The number of aryl methyl sites for hydroxylation is 2. The largest absolute Gasteiger partial charge is 0.382 e. The number of nitrogens with two attached hydrogens (primary N) is 1. The topological polar surface area (TPSA) is 70.8 Å². The molecule has 5 nitrogen and oxygen atoms in total. The van der Waals surface area contributed by atoms with Gasteiger partial charge in [0.2, 0.25) is 0 Å². The summed E-state index contributed by atoms with van der Waals surface area (Å²) in [5.41, 5.74) is 9.41. The van der Waals surface area contributed by atoms with Crippen LogP contribution >= 0.6 is 0 Å². The highest BCUT2D eigenvalue weighted by Gasteiger charge is 2.12. The molecular weight excluding hydrogens is 334 g/mol. The van der Waals surface area contributed by atoms with Gasteiger partial charge in [0.25, 0.3) is 0 Å². The SMILES string of the molecule is CCCCCc1nc(N)c2[nH]cc(CCCCCCN3CCCCC3)c2n1. The van der Waals surface area contributed by atoms with E-state index in [0.29, 0.717) is 5.82 Å². The van der Waals surface area contributed by atoms with Gasteiger partial charge in [-0.3, -0.25) is 0 Å². The molecule has 2 aromatic rings. The zero-order chi connectivity index (χ0) is 18.9. The van der Waals surface area contributed by atoms with Gasteiger partial charge >= 0.3 is 0 Å². The van der Waals surface area contributed by atoms with E-state index < -0.39 is 0 Å². The summed E-state index contributed by atoms with van der Waals surface area (Å²) in [5.74, 6) is 1.50. The lowest BCUT2D eigenvalue weighted by Crippen LogP contribution is -2.30. The number of piperidine rings is 1. The van der Waals surface area contributed by atoms with Crippen LogP contribution < -0.4 is 5.73 Å². The number of hydrogen-bond donors (Lipinski definition) is 2. The molecule has 0 aromatic carbocycles. The Balaban J connectivity index is 1.45. The highest BCUT2D eigenvalue weighted by atomic mass is 15.1. The Morgan fingerprint density at radius 2 is 1.74 bits per heavy atom. The molecule has 0 spiro atoms. The zero-order valence-electron chi connectivity index (χ0n) is 17.1. The number of likely N-dealkylation sites (tertiary alicyclic amines) is 1. The maximum Gasteiger partial charge on any atom is 0.151 e. The molecule has 3 heterocycles. The maximum absolute atomic E-state index is 6.15. The van der Waals surface area contributed by atoms with Crippen LogP contribution in [0.3, 0.4) is 0 Å². The van der Waals surface area contributed by atoms with E-state index in [1.807, 2.05) is 0 Å². The number of nitrogens with zero attached hydrogens (tertiary/aromatic N) is 3. The number of anilines is 1. The minimum Gasteiger partial charge on any atom is -0.382 e. The van der Waals surface area contributed by atoms with Gasteiger partial charge in [-0.05, 0) is 63.7 Å². The van der Waals surface area contributed by atoms with E-state index in [1.165, 1.54) is 83.0 Å². The zero-order valence-corrected chi connectivity index (χ0v) is 17.1. The van der Waals surface area contributed by atoms with Crippen molar-refractivity contribution in [2.75, 3.05) is 25.4 Å². The summed E-state index contributed by atoms with van der Waals surface area (Å²) < 4.78 is 0. The molecule has 1 saturated heterocycles. The summed E-state index contributed by atoms with van der Waals surface area (Å²) in [7, 11) is 0. The summed E-state index contributed by atoms with van der Waals surface area (Å²) in [5, 5.41) is 0. The quantitative estimate of drug-likeness (QED) is 0.553. The molecule has 0 aliphatic carbocycles. The lowest BCUT2D eigenvalue weighted by Gasteiger charge is -2.26. The van der Waals surface area contributed by atoms with Crippen molar-refractivity contribution in [3.05, 3.63) is 17.6 Å². The predicted octanol–water partition coefficient (Wildman–Crippen LogP) is 4.86. The van der Waals surface area contributed by atoms with Gasteiger partial charge in [0, 0.05) is 12.6 Å². The Labute approximate surface area is 164 Å². The fraction of sp³-hybridized carbons (Fsp3) is 0.727. The third-order valence-electron chi connectivity index (χ3n) is 5.80. The second kappa shape index (κ2) is 10.6. The van der Waals surface area contributed by atoms with Crippen LogP contribution in [0.4, 0.5) is 5.82 Å². The lowest BCUT2D eigenvalue weighted by atomic mass is 10.1. The molecule has 3 rings (SSSR count). The van der Waals surface area contributed by atoms with E-state index in [1.54, 1.807) is 0 Å². The normalized spacial score (nSPS) is 15.6. The van der Waals surface area contributed by atoms with Crippen molar-refractivity contribution in [3.63, 3.8) is 0 Å². The third kappa shape index (κ3) is 5.93. The van der Waals surface area contributed by atoms with Gasteiger partial charge in [-0.1, -0.05) is 39.0 Å². The summed E-state index contributed by atoms with van der Waals surface area (Å²) in [6.07, 6.45) is 17.1. The first-order chi connectivity index (χ1) is 13.3. The van der Waals surface area contributed by atoms with Crippen LogP contribution in [0.1, 0.15) is 82.5 Å². The molecule has 1 fully saturated rings. The highest BCUT2D eigenvalue weighted by molar-refractivity contribution is 5.87. The van der Waals surface area contributed by atoms with Gasteiger partial charge < -0.3 is 15.6 Å². The summed E-state index contributed by atoms with van der Waals surface area (Å²) in [6, 6.07) is 0. The Morgan fingerprint density at radius 1 is 0.963 bits per heavy atom. The fourth-order valence-electron chi connectivity index (χ4n) is 4.15. The molecule has 0 atom stereocenters. The first-order valence-corrected chi connectivity index (χ1v) is 11.1. The average molecular weight is 372 g/mol. The second-order valence-electron chi connectivity index (χ2n) is 8.09. The molecule has 0 radical (unpaired) electrons. The number of aromatic nitrogens is 3. The Morgan fingerprint density at radius 3 is 2.56 bits per heavy atom. The van der Waals surface area contributed by atoms with Crippen LogP contribution in [0.25, 0.3) is 11.0 Å². The van der Waals surface area contributed by atoms with E-state index >= 15 is 0 Å². The Bertz CT molecular complexity index is 687. The second-order valence-corrected chi connectivity index (χ2v) is 8.09. The summed E-state index contributed by atoms with van der Waals surface area (Å²) in [6.45, 7) is 6.14. The third-order valence-corrected chi connectivity index (χ3v) is 5.80. The van der Waals surface area contributed by atoms with Gasteiger partial charge in [0.15, 0.2) is 5.82 Å². The molecule has 0 bridgehead atoms. The minimum atomic E-state index is 0.597. The number of aromatic amines is 1. The van der Waals surface area contributed by atoms with Gasteiger partial charge in [-0.2, -0.15) is 0 Å². The summed E-state index contributed by atoms with van der Waals surface area (Å²) in [4.78, 5) is 15.2. The van der Waals surface area contributed by atoms with Gasteiger partial charge in [0.1, 0.15) is 11.3 Å². The number of hydrogen-bond acceptors (Lipinski definition) is 4. The van der Waals surface area contributed by atoms with Crippen LogP contribution in [0.5, 0.6) is 0 Å². The monoisotopic (exact) mass is 371 g/mol. The fourth-order valence-corrected chi connectivity index (χ4v) is 4.15. The highest BCUT2D eigenvalue weighted by Crippen LogP contribution is 2.23. The van der Waals surface area contributed by atoms with Crippen molar-refractivity contribution >= 4 is 16.9 Å². The van der Waals surface area contributed by atoms with Crippen LogP contribution in [-0.4, -0.2) is 39.5 Å². The van der Waals surface area contributed by atoms with Crippen molar-refractivity contribution in [3.8, 4) is 0 Å². The number of nitrogen functional groups attached to an aromatic ring is 1. The number of rotatable bonds is 11. The molecule has 0 saturated carbocycles. The van der Waals surface area contributed by atoms with Crippen molar-refractivity contribution in [1.82, 2.24) is 19.9 Å². The molecule has 3 N–H and O–H groups in total. The van der Waals surface area contributed by atoms with Gasteiger partial charge in [-0.25, -0.2) is 9.97 Å². The molecule has 0 unspecified atom stereocenters. The molecule has 27 heavy (non-hydrogen) atoms. The minimum absolute atomic E-state index is 0.597. The predicted molar refractivity (Wildman–Crippen MR) is 114 cm³/mol. The van der Waals surface area contributed by atoms with E-state index in [2.05, 4.69) is 28.0 Å². The van der Waals surface area contributed by atoms with Crippen LogP contribution in [0, 0.1) is 0 Å². The van der Waals surface area contributed by atoms with Crippen molar-refractivity contribution in [2.45, 2.75) is 84.0 Å².